The number of carbonyl (C=O) groups is 2. The van der Waals surface area contributed by atoms with Crippen molar-refractivity contribution in [2.24, 2.45) is 23.2 Å². The van der Waals surface area contributed by atoms with Crippen LogP contribution < -0.4 is 10.1 Å². The summed E-state index contributed by atoms with van der Waals surface area (Å²) in [7, 11) is -5.48. The number of hydrogen-bond donors (Lipinski definition) is 2. The van der Waals surface area contributed by atoms with Gasteiger partial charge in [0.2, 0.25) is 0 Å². The summed E-state index contributed by atoms with van der Waals surface area (Å²) in [5.41, 5.74) is -5.37. The Morgan fingerprint density at radius 1 is 0.929 bits per heavy atom. The Balaban J connectivity index is 1.27. The molecule has 0 spiro atoms. The molecule has 4 aliphatic carbocycles. The maximum Gasteiger partial charge on any atom is 0.501 e. The van der Waals surface area contributed by atoms with Crippen LogP contribution in [0.15, 0.2) is 65.6 Å². The van der Waals surface area contributed by atoms with Gasteiger partial charge < -0.3 is 15.2 Å². The second-order valence-electron chi connectivity index (χ2n) is 12.1. The molecule has 0 radical (unpaired) electrons. The van der Waals surface area contributed by atoms with Gasteiger partial charge in [-0.05, 0) is 85.4 Å². The Labute approximate surface area is 241 Å². The highest BCUT2D eigenvalue weighted by atomic mass is 32.2. The Morgan fingerprint density at radius 2 is 1.52 bits per heavy atom. The molecular formula is C31H30F3NO6S. The van der Waals surface area contributed by atoms with Crippen LogP contribution >= 0.6 is 0 Å². The van der Waals surface area contributed by atoms with E-state index in [0.717, 1.165) is 56.0 Å². The van der Waals surface area contributed by atoms with Crippen molar-refractivity contribution in [1.82, 2.24) is 5.32 Å². The van der Waals surface area contributed by atoms with Crippen LogP contribution in [0.1, 0.15) is 54.4 Å². The van der Waals surface area contributed by atoms with Gasteiger partial charge in [-0.2, -0.15) is 13.2 Å². The van der Waals surface area contributed by atoms with Gasteiger partial charge in [-0.3, -0.25) is 4.79 Å². The lowest BCUT2D eigenvalue weighted by Crippen LogP contribution is -2.59. The van der Waals surface area contributed by atoms with Gasteiger partial charge >= 0.3 is 11.5 Å². The molecule has 0 heterocycles. The standard InChI is InChI=1S/C31H30F3NO6S/c32-31(33,34)42(39,40)23-8-5-18(6-9-23)17-41-26-24-4-2-1-3-22(24)7-10-25(26)28(36)35-27(29(37)38)30-14-19-11-20(15-30)13-21(12-19)16-30/h1-10,19-21,27H,11-17H2,(H,35,36)(H,37,38). The van der Waals surface area contributed by atoms with Crippen LogP contribution in [-0.2, 0) is 21.2 Å². The number of alkyl halides is 3. The summed E-state index contributed by atoms with van der Waals surface area (Å²) in [6.07, 6.45) is 5.76. The predicted molar refractivity (Wildman–Crippen MR) is 147 cm³/mol. The van der Waals surface area contributed by atoms with E-state index in [0.29, 0.717) is 28.7 Å². The summed E-state index contributed by atoms with van der Waals surface area (Å²) in [4.78, 5) is 25.5. The molecule has 2 N–H and O–H groups in total. The molecule has 4 fully saturated rings. The number of halogens is 3. The molecule has 4 bridgehead atoms. The second kappa shape index (κ2) is 10.3. The first-order valence-corrected chi connectivity index (χ1v) is 15.4. The van der Waals surface area contributed by atoms with Crippen LogP contribution in [0.3, 0.4) is 0 Å². The van der Waals surface area contributed by atoms with Crippen molar-refractivity contribution in [3.8, 4) is 5.75 Å². The van der Waals surface area contributed by atoms with Crippen LogP contribution in [0.5, 0.6) is 5.75 Å². The van der Waals surface area contributed by atoms with E-state index >= 15 is 0 Å². The third-order valence-corrected chi connectivity index (χ3v) is 10.8. The summed E-state index contributed by atoms with van der Waals surface area (Å²) in [6, 6.07) is 13.6. The third kappa shape index (κ3) is 5.01. The molecule has 1 unspecified atom stereocenters. The van der Waals surface area contributed by atoms with E-state index in [1.54, 1.807) is 24.3 Å². The smallest absolute Gasteiger partial charge is 0.487 e. The van der Waals surface area contributed by atoms with E-state index in [1.165, 1.54) is 12.1 Å². The molecule has 222 valence electrons. The zero-order chi connectivity index (χ0) is 29.9. The SMILES string of the molecule is O=C(NC(C(=O)O)C12CC3CC(CC(C3)C1)C2)c1ccc2ccccc2c1OCc1ccc(S(=O)(=O)C(F)(F)F)cc1. The number of fused-ring (bicyclic) bond motifs is 1. The first kappa shape index (κ1) is 28.5. The number of benzene rings is 3. The molecule has 7 nitrogen and oxygen atoms in total. The summed E-state index contributed by atoms with van der Waals surface area (Å²) in [5, 5.41) is 14.5. The van der Waals surface area contributed by atoms with Gasteiger partial charge in [-0.25, -0.2) is 13.2 Å². The molecule has 7 rings (SSSR count). The Hall–Kier alpha value is -3.60. The predicted octanol–water partition coefficient (Wildman–Crippen LogP) is 6.11. The molecular weight excluding hydrogens is 571 g/mol. The monoisotopic (exact) mass is 601 g/mol. The number of carboxylic acids is 1. The van der Waals surface area contributed by atoms with Gasteiger partial charge in [0.05, 0.1) is 10.5 Å². The van der Waals surface area contributed by atoms with Crippen molar-refractivity contribution in [3.63, 3.8) is 0 Å². The number of carboxylic acid groups (broad SMARTS) is 1. The van der Waals surface area contributed by atoms with Gasteiger partial charge in [0.15, 0.2) is 0 Å². The zero-order valence-electron chi connectivity index (χ0n) is 22.6. The van der Waals surface area contributed by atoms with Gasteiger partial charge in [-0.1, -0.05) is 42.5 Å². The maximum atomic E-state index is 13.7. The Bertz CT molecular complexity index is 1620. The second-order valence-corrected chi connectivity index (χ2v) is 14.0. The van der Waals surface area contributed by atoms with Gasteiger partial charge in [0.1, 0.15) is 18.4 Å². The first-order valence-electron chi connectivity index (χ1n) is 13.9. The van der Waals surface area contributed by atoms with Crippen molar-refractivity contribution in [2.45, 2.75) is 61.6 Å². The van der Waals surface area contributed by atoms with Gasteiger partial charge in [0, 0.05) is 10.8 Å². The fourth-order valence-corrected chi connectivity index (χ4v) is 8.61. The Morgan fingerprint density at radius 3 is 2.10 bits per heavy atom. The average molecular weight is 602 g/mol. The third-order valence-electron chi connectivity index (χ3n) is 9.27. The summed E-state index contributed by atoms with van der Waals surface area (Å²) in [6.45, 7) is -0.169. The highest BCUT2D eigenvalue weighted by Crippen LogP contribution is 2.61. The first-order chi connectivity index (χ1) is 19.9. The summed E-state index contributed by atoms with van der Waals surface area (Å²) < 4.78 is 68.2. The minimum absolute atomic E-state index is 0.140. The lowest BCUT2D eigenvalue weighted by Gasteiger charge is -2.58. The van der Waals surface area contributed by atoms with Crippen LogP contribution in [0.2, 0.25) is 0 Å². The van der Waals surface area contributed by atoms with E-state index in [4.69, 9.17) is 4.74 Å². The summed E-state index contributed by atoms with van der Waals surface area (Å²) in [5.74, 6) is 0.0476. The quantitative estimate of drug-likeness (QED) is 0.322. The van der Waals surface area contributed by atoms with Crippen molar-refractivity contribution >= 4 is 32.5 Å². The fourth-order valence-electron chi connectivity index (χ4n) is 7.85. The average Bonchev–Trinajstić information content (AvgIpc) is 2.93. The lowest BCUT2D eigenvalue weighted by atomic mass is 9.47. The Kier molecular flexibility index (Phi) is 6.99. The van der Waals surface area contributed by atoms with Crippen molar-refractivity contribution in [1.29, 1.82) is 0 Å². The van der Waals surface area contributed by atoms with Crippen molar-refractivity contribution in [2.75, 3.05) is 0 Å². The van der Waals surface area contributed by atoms with E-state index in [1.807, 2.05) is 12.1 Å². The molecule has 0 aliphatic heterocycles. The van der Waals surface area contributed by atoms with E-state index in [9.17, 15) is 36.3 Å². The van der Waals surface area contributed by atoms with Crippen LogP contribution in [0.25, 0.3) is 10.8 Å². The molecule has 11 heteroatoms. The topological polar surface area (TPSA) is 110 Å². The summed E-state index contributed by atoms with van der Waals surface area (Å²) >= 11 is 0. The molecule has 4 aliphatic rings. The molecule has 0 saturated heterocycles. The van der Waals surface area contributed by atoms with Crippen molar-refractivity contribution < 1.29 is 41.0 Å². The number of aliphatic carboxylic acids is 1. The number of carbonyl (C=O) groups excluding carboxylic acids is 1. The van der Waals surface area contributed by atoms with Crippen molar-refractivity contribution in [3.05, 3.63) is 71.8 Å². The molecule has 0 aromatic heterocycles. The molecule has 3 aromatic carbocycles. The minimum Gasteiger partial charge on any atom is -0.487 e. The fraction of sp³-hybridized carbons (Fsp3) is 0.419. The minimum atomic E-state index is -5.48. The van der Waals surface area contributed by atoms with E-state index < -0.39 is 43.6 Å². The van der Waals surface area contributed by atoms with Crippen LogP contribution in [0.4, 0.5) is 13.2 Å². The molecule has 4 saturated carbocycles. The lowest BCUT2D eigenvalue weighted by molar-refractivity contribution is -0.150. The number of sulfone groups is 1. The number of rotatable bonds is 8. The molecule has 42 heavy (non-hydrogen) atoms. The number of hydrogen-bond acceptors (Lipinski definition) is 5. The largest absolute Gasteiger partial charge is 0.501 e. The number of ether oxygens (including phenoxy) is 1. The van der Waals surface area contributed by atoms with E-state index in [2.05, 4.69) is 5.32 Å². The molecule has 3 aromatic rings. The molecule has 1 amide bonds. The van der Waals surface area contributed by atoms with Crippen LogP contribution in [-0.4, -0.2) is 37.0 Å². The van der Waals surface area contributed by atoms with E-state index in [-0.39, 0.29) is 17.9 Å². The number of nitrogens with one attached hydrogen (secondary N) is 1. The number of amides is 1. The highest BCUT2D eigenvalue weighted by molar-refractivity contribution is 7.92. The zero-order valence-corrected chi connectivity index (χ0v) is 23.4. The normalized spacial score (nSPS) is 25.7. The van der Waals surface area contributed by atoms with Gasteiger partial charge in [-0.15, -0.1) is 0 Å². The van der Waals surface area contributed by atoms with Gasteiger partial charge in [0.25, 0.3) is 15.7 Å². The van der Waals surface area contributed by atoms with Crippen LogP contribution in [0, 0.1) is 23.2 Å². The highest BCUT2D eigenvalue weighted by Gasteiger charge is 2.56. The molecule has 1 atom stereocenters. The maximum absolute atomic E-state index is 13.7.